The molecule has 2 saturated heterocycles. The van der Waals surface area contributed by atoms with Crippen LogP contribution in [-0.4, -0.2) is 35.0 Å². The molecule has 19 heavy (non-hydrogen) atoms. The lowest BCUT2D eigenvalue weighted by molar-refractivity contribution is -0.140. The first-order valence-electron chi connectivity index (χ1n) is 6.85. The zero-order valence-electron chi connectivity index (χ0n) is 11.4. The normalized spacial score (nSPS) is 48.7. The molecule has 1 N–H and O–H groups in total. The van der Waals surface area contributed by atoms with Crippen LogP contribution in [0.3, 0.4) is 0 Å². The number of hydrogen-bond acceptors (Lipinski definition) is 4. The summed E-state index contributed by atoms with van der Waals surface area (Å²) >= 11 is 0. The molecule has 0 bridgehead atoms. The van der Waals surface area contributed by atoms with Crippen LogP contribution < -0.4 is 0 Å². The molecule has 3 rings (SSSR count). The summed E-state index contributed by atoms with van der Waals surface area (Å²) in [5.74, 6) is -0.309. The zero-order valence-corrected chi connectivity index (χ0v) is 11.4. The van der Waals surface area contributed by atoms with E-state index in [1.165, 1.54) is 5.57 Å². The molecule has 104 valence electrons. The van der Waals surface area contributed by atoms with Crippen molar-refractivity contribution in [2.24, 2.45) is 5.92 Å². The van der Waals surface area contributed by atoms with Crippen LogP contribution in [0.25, 0.3) is 0 Å². The number of aliphatic hydroxyl groups excluding tert-OH is 1. The highest BCUT2D eigenvalue weighted by molar-refractivity contribution is 5.91. The third-order valence-corrected chi connectivity index (χ3v) is 4.74. The number of rotatable bonds is 0. The van der Waals surface area contributed by atoms with Gasteiger partial charge in [0, 0.05) is 11.5 Å². The highest BCUT2D eigenvalue weighted by Gasteiger charge is 2.65. The maximum atomic E-state index is 11.7. The first kappa shape index (κ1) is 12.9. The molecule has 0 aromatic heterocycles. The lowest BCUT2D eigenvalue weighted by Crippen LogP contribution is -2.36. The van der Waals surface area contributed by atoms with Crippen molar-refractivity contribution in [1.82, 2.24) is 0 Å². The highest BCUT2D eigenvalue weighted by Crippen LogP contribution is 2.49. The molecular weight excluding hydrogens is 244 g/mol. The summed E-state index contributed by atoms with van der Waals surface area (Å²) in [5.41, 5.74) is 1.18. The van der Waals surface area contributed by atoms with Gasteiger partial charge in [-0.25, -0.2) is 4.79 Å². The van der Waals surface area contributed by atoms with E-state index in [1.807, 2.05) is 6.92 Å². The first-order chi connectivity index (χ1) is 8.93. The third-order valence-electron chi connectivity index (χ3n) is 4.74. The van der Waals surface area contributed by atoms with Crippen LogP contribution in [0, 0.1) is 5.92 Å². The lowest BCUT2D eigenvalue weighted by Gasteiger charge is -2.21. The van der Waals surface area contributed by atoms with E-state index in [-0.39, 0.29) is 24.1 Å². The van der Waals surface area contributed by atoms with Gasteiger partial charge in [-0.2, -0.15) is 0 Å². The molecule has 0 radical (unpaired) electrons. The average Bonchev–Trinajstić information content (AvgIpc) is 2.98. The molecule has 2 fully saturated rings. The summed E-state index contributed by atoms with van der Waals surface area (Å²) in [4.78, 5) is 11.7. The van der Waals surface area contributed by atoms with Gasteiger partial charge >= 0.3 is 5.97 Å². The van der Waals surface area contributed by atoms with Gasteiger partial charge in [-0.3, -0.25) is 0 Å². The fourth-order valence-electron chi connectivity index (χ4n) is 3.18. The number of fused-ring (bicyclic) bond motifs is 3. The van der Waals surface area contributed by atoms with Crippen molar-refractivity contribution in [1.29, 1.82) is 0 Å². The van der Waals surface area contributed by atoms with Crippen LogP contribution >= 0.6 is 0 Å². The quantitative estimate of drug-likeness (QED) is 0.313. The predicted molar refractivity (Wildman–Crippen MR) is 69.4 cm³/mol. The Balaban J connectivity index is 1.91. The van der Waals surface area contributed by atoms with Crippen LogP contribution in [0.1, 0.15) is 33.1 Å². The molecule has 3 aliphatic rings. The van der Waals surface area contributed by atoms with Gasteiger partial charge in [-0.05, 0) is 33.1 Å². The van der Waals surface area contributed by atoms with Gasteiger partial charge in [0.15, 0.2) is 0 Å². The molecule has 0 spiro atoms. The van der Waals surface area contributed by atoms with Crippen LogP contribution in [-0.2, 0) is 14.3 Å². The topological polar surface area (TPSA) is 59.1 Å². The zero-order chi connectivity index (χ0) is 13.8. The minimum Gasteiger partial charge on any atom is -0.455 e. The minimum absolute atomic E-state index is 0.00738. The van der Waals surface area contributed by atoms with Crippen LogP contribution in [0.4, 0.5) is 0 Å². The Morgan fingerprint density at radius 2 is 2.26 bits per heavy atom. The van der Waals surface area contributed by atoms with Crippen LogP contribution in [0.15, 0.2) is 23.8 Å². The largest absolute Gasteiger partial charge is 0.455 e. The molecule has 5 atom stereocenters. The van der Waals surface area contributed by atoms with E-state index in [0.717, 1.165) is 12.8 Å². The Bertz CT molecular complexity index is 467. The van der Waals surface area contributed by atoms with Crippen LogP contribution in [0.5, 0.6) is 0 Å². The number of aliphatic hydroxyl groups is 1. The molecule has 1 aliphatic carbocycles. The Morgan fingerprint density at radius 3 is 3.00 bits per heavy atom. The number of hydrogen-bond donors (Lipinski definition) is 1. The number of epoxide rings is 1. The Kier molecular flexibility index (Phi) is 2.84. The maximum absolute atomic E-state index is 11.7. The van der Waals surface area contributed by atoms with Gasteiger partial charge in [0.1, 0.15) is 17.8 Å². The predicted octanol–water partition coefficient (Wildman–Crippen LogP) is 1.73. The number of carbonyl (C=O) groups excluding carboxylic acids is 1. The van der Waals surface area contributed by atoms with Gasteiger partial charge in [-0.1, -0.05) is 18.2 Å². The number of esters is 1. The fourth-order valence-corrected chi connectivity index (χ4v) is 3.18. The van der Waals surface area contributed by atoms with E-state index in [2.05, 4.69) is 19.6 Å². The minimum atomic E-state index is -0.595. The van der Waals surface area contributed by atoms with E-state index in [0.29, 0.717) is 12.0 Å². The van der Waals surface area contributed by atoms with Crippen LogP contribution in [0.2, 0.25) is 0 Å². The van der Waals surface area contributed by atoms with Crippen molar-refractivity contribution in [2.75, 3.05) is 0 Å². The van der Waals surface area contributed by atoms with E-state index in [4.69, 9.17) is 9.47 Å². The third kappa shape index (κ3) is 1.94. The van der Waals surface area contributed by atoms with Crippen molar-refractivity contribution >= 4 is 5.97 Å². The molecule has 4 nitrogen and oxygen atoms in total. The number of carbonyl (C=O) groups is 1. The molecule has 0 aromatic carbocycles. The lowest BCUT2D eigenvalue weighted by atomic mass is 9.83. The van der Waals surface area contributed by atoms with Gasteiger partial charge in [0.05, 0.1) is 6.10 Å². The van der Waals surface area contributed by atoms with E-state index >= 15 is 0 Å². The summed E-state index contributed by atoms with van der Waals surface area (Å²) < 4.78 is 11.1. The molecule has 4 heteroatoms. The van der Waals surface area contributed by atoms with Gasteiger partial charge in [0.2, 0.25) is 0 Å². The summed E-state index contributed by atoms with van der Waals surface area (Å²) in [6.07, 6.45) is 3.35. The second-order valence-corrected chi connectivity index (χ2v) is 6.06. The Morgan fingerprint density at radius 1 is 1.53 bits per heavy atom. The van der Waals surface area contributed by atoms with Gasteiger partial charge in [-0.15, -0.1) is 0 Å². The summed E-state index contributed by atoms with van der Waals surface area (Å²) in [6.45, 7) is 7.79. The van der Waals surface area contributed by atoms with Gasteiger partial charge in [0.25, 0.3) is 0 Å². The SMILES string of the molecule is C=C1C(=O)O[C@@H]2[C@H]3O[C@]3(C)C(O)C/C=C(\C)CC[C@@H]12. The average molecular weight is 264 g/mol. The second-order valence-electron chi connectivity index (χ2n) is 6.06. The standard InChI is InChI=1S/C15H20O4/c1-8-4-6-10-9(2)14(17)18-12(10)13-15(3,19-13)11(16)7-5-8/h5,10-13,16H,2,4,6-7H2,1,3H3/b8-5+/t10-,11?,12-,13+,15+/m0/s1. The van der Waals surface area contributed by atoms with E-state index in [9.17, 15) is 9.90 Å². The Hall–Kier alpha value is -1.13. The summed E-state index contributed by atoms with van der Waals surface area (Å²) in [6, 6.07) is 0. The van der Waals surface area contributed by atoms with E-state index in [1.54, 1.807) is 0 Å². The van der Waals surface area contributed by atoms with Crippen molar-refractivity contribution < 1.29 is 19.4 Å². The number of allylic oxidation sites excluding steroid dienone is 1. The molecule has 0 saturated carbocycles. The number of ether oxygens (including phenoxy) is 2. The summed E-state index contributed by atoms with van der Waals surface area (Å²) in [5, 5.41) is 10.2. The molecule has 1 unspecified atom stereocenters. The van der Waals surface area contributed by atoms with Crippen molar-refractivity contribution in [2.45, 2.75) is 57.0 Å². The van der Waals surface area contributed by atoms with Crippen molar-refractivity contribution in [3.63, 3.8) is 0 Å². The van der Waals surface area contributed by atoms with E-state index < -0.39 is 11.7 Å². The van der Waals surface area contributed by atoms with Gasteiger partial charge < -0.3 is 14.6 Å². The second kappa shape index (κ2) is 4.18. The molecular formula is C15H20O4. The highest BCUT2D eigenvalue weighted by atomic mass is 16.7. The van der Waals surface area contributed by atoms with Crippen molar-refractivity contribution in [3.05, 3.63) is 23.8 Å². The smallest absolute Gasteiger partial charge is 0.334 e. The van der Waals surface area contributed by atoms with Crippen molar-refractivity contribution in [3.8, 4) is 0 Å². The first-order valence-corrected chi connectivity index (χ1v) is 6.85. The molecule has 2 aliphatic heterocycles. The molecule has 0 amide bonds. The fraction of sp³-hybridized carbons (Fsp3) is 0.667. The Labute approximate surface area is 113 Å². The summed E-state index contributed by atoms with van der Waals surface area (Å²) in [7, 11) is 0. The maximum Gasteiger partial charge on any atom is 0.334 e. The molecule has 0 aromatic rings. The monoisotopic (exact) mass is 264 g/mol. The molecule has 2 heterocycles.